The molecule has 0 fully saturated rings. The van der Waals surface area contributed by atoms with Crippen LogP contribution in [-0.4, -0.2) is 20.9 Å². The first-order valence-electron chi connectivity index (χ1n) is 7.11. The van der Waals surface area contributed by atoms with Gasteiger partial charge in [0, 0.05) is 30.8 Å². The minimum Gasteiger partial charge on any atom is -0.323 e. The zero-order valence-corrected chi connectivity index (χ0v) is 13.5. The maximum Gasteiger partial charge on any atom is 0.180 e. The highest BCUT2D eigenvalue weighted by atomic mass is 79.9. The van der Waals surface area contributed by atoms with Gasteiger partial charge in [-0.25, -0.2) is 9.97 Å². The van der Waals surface area contributed by atoms with Crippen molar-refractivity contribution < 1.29 is 0 Å². The maximum atomic E-state index is 4.66. The Hall–Kier alpha value is -1.88. The largest absolute Gasteiger partial charge is 0.323 e. The standard InChI is InChI=1S/C16H17BrN4/c1-2-3-10-21(13-7-5-4-6-8-13)16-15-18-9-11-20(15)12-14(17)19-16/h4-9,11-12H,2-3,10H2,1H3. The van der Waals surface area contributed by atoms with Crippen LogP contribution in [0.4, 0.5) is 11.5 Å². The minimum atomic E-state index is 0.806. The van der Waals surface area contributed by atoms with Crippen LogP contribution in [0.15, 0.2) is 53.5 Å². The summed E-state index contributed by atoms with van der Waals surface area (Å²) in [4.78, 5) is 11.3. The lowest BCUT2D eigenvalue weighted by Gasteiger charge is -2.24. The Morgan fingerprint density at radius 2 is 2.05 bits per heavy atom. The molecule has 0 aliphatic carbocycles. The van der Waals surface area contributed by atoms with Gasteiger partial charge in [-0.3, -0.25) is 0 Å². The molecule has 3 rings (SSSR count). The van der Waals surface area contributed by atoms with Gasteiger partial charge in [-0.1, -0.05) is 31.5 Å². The number of rotatable bonds is 5. The van der Waals surface area contributed by atoms with E-state index in [1.54, 1.807) is 6.20 Å². The lowest BCUT2D eigenvalue weighted by atomic mass is 10.2. The average Bonchev–Trinajstić information content (AvgIpc) is 2.96. The number of para-hydroxylation sites is 1. The first kappa shape index (κ1) is 14.1. The molecule has 0 atom stereocenters. The molecule has 5 heteroatoms. The molecule has 0 aliphatic heterocycles. The van der Waals surface area contributed by atoms with Crippen LogP contribution in [0.1, 0.15) is 19.8 Å². The third kappa shape index (κ3) is 2.93. The molecule has 0 amide bonds. The first-order chi connectivity index (χ1) is 10.3. The third-order valence-electron chi connectivity index (χ3n) is 3.39. The predicted octanol–water partition coefficient (Wildman–Crippen LogP) is 4.43. The summed E-state index contributed by atoms with van der Waals surface area (Å²) in [5, 5.41) is 0. The fraction of sp³-hybridized carbons (Fsp3) is 0.250. The quantitative estimate of drug-likeness (QED) is 0.686. The van der Waals surface area contributed by atoms with Crippen molar-refractivity contribution in [1.29, 1.82) is 0 Å². The lowest BCUT2D eigenvalue weighted by Crippen LogP contribution is -2.20. The van der Waals surface area contributed by atoms with Gasteiger partial charge < -0.3 is 9.30 Å². The van der Waals surface area contributed by atoms with Crippen molar-refractivity contribution in [3.63, 3.8) is 0 Å². The van der Waals surface area contributed by atoms with E-state index in [4.69, 9.17) is 0 Å². The Morgan fingerprint density at radius 3 is 2.81 bits per heavy atom. The van der Waals surface area contributed by atoms with Crippen molar-refractivity contribution >= 4 is 33.1 Å². The molecule has 1 aromatic carbocycles. The third-order valence-corrected chi connectivity index (χ3v) is 3.77. The molecule has 0 saturated heterocycles. The molecule has 0 saturated carbocycles. The molecule has 0 spiro atoms. The molecule has 2 heterocycles. The first-order valence-corrected chi connectivity index (χ1v) is 7.90. The zero-order valence-electron chi connectivity index (χ0n) is 11.9. The van der Waals surface area contributed by atoms with E-state index in [-0.39, 0.29) is 0 Å². The molecule has 0 aliphatic rings. The number of unbranched alkanes of at least 4 members (excludes halogenated alkanes) is 1. The van der Waals surface area contributed by atoms with Gasteiger partial charge in [0.2, 0.25) is 0 Å². The second-order valence-corrected chi connectivity index (χ2v) is 5.70. The lowest BCUT2D eigenvalue weighted by molar-refractivity contribution is 0.778. The Balaban J connectivity index is 2.12. The Morgan fingerprint density at radius 1 is 1.24 bits per heavy atom. The van der Waals surface area contributed by atoms with Gasteiger partial charge in [0.05, 0.1) is 0 Å². The number of benzene rings is 1. The van der Waals surface area contributed by atoms with Gasteiger partial charge in [0.25, 0.3) is 0 Å². The molecular formula is C16H17BrN4. The van der Waals surface area contributed by atoms with Crippen molar-refractivity contribution in [2.24, 2.45) is 0 Å². The smallest absolute Gasteiger partial charge is 0.180 e. The highest BCUT2D eigenvalue weighted by Crippen LogP contribution is 2.28. The summed E-state index contributed by atoms with van der Waals surface area (Å²) >= 11 is 3.49. The predicted molar refractivity (Wildman–Crippen MR) is 89.0 cm³/mol. The number of aromatic nitrogens is 3. The maximum absolute atomic E-state index is 4.66. The van der Waals surface area contributed by atoms with Gasteiger partial charge in [0.1, 0.15) is 4.60 Å². The fourth-order valence-corrected chi connectivity index (χ4v) is 2.74. The van der Waals surface area contributed by atoms with Crippen molar-refractivity contribution in [2.75, 3.05) is 11.4 Å². The van der Waals surface area contributed by atoms with Crippen molar-refractivity contribution in [3.05, 3.63) is 53.5 Å². The monoisotopic (exact) mass is 344 g/mol. The van der Waals surface area contributed by atoms with E-state index in [0.717, 1.165) is 41.1 Å². The molecular weight excluding hydrogens is 328 g/mol. The van der Waals surface area contributed by atoms with E-state index in [1.165, 1.54) is 0 Å². The van der Waals surface area contributed by atoms with Crippen LogP contribution in [0.3, 0.4) is 0 Å². The molecule has 0 radical (unpaired) electrons. The number of halogens is 1. The average molecular weight is 345 g/mol. The van der Waals surface area contributed by atoms with Crippen LogP contribution in [0.5, 0.6) is 0 Å². The Bertz CT molecular complexity index is 723. The van der Waals surface area contributed by atoms with E-state index in [0.29, 0.717) is 0 Å². The van der Waals surface area contributed by atoms with Gasteiger partial charge >= 0.3 is 0 Å². The highest BCUT2D eigenvalue weighted by molar-refractivity contribution is 9.10. The summed E-state index contributed by atoms with van der Waals surface area (Å²) < 4.78 is 2.80. The number of hydrogen-bond donors (Lipinski definition) is 0. The number of imidazole rings is 1. The van der Waals surface area contributed by atoms with Crippen LogP contribution in [0, 0.1) is 0 Å². The van der Waals surface area contributed by atoms with Crippen molar-refractivity contribution in [3.8, 4) is 0 Å². The molecule has 0 bridgehead atoms. The van der Waals surface area contributed by atoms with E-state index in [1.807, 2.05) is 22.9 Å². The number of fused-ring (bicyclic) bond motifs is 1. The van der Waals surface area contributed by atoms with Gasteiger partial charge in [-0.15, -0.1) is 0 Å². The molecule has 4 nitrogen and oxygen atoms in total. The topological polar surface area (TPSA) is 33.4 Å². The van der Waals surface area contributed by atoms with E-state index >= 15 is 0 Å². The van der Waals surface area contributed by atoms with Gasteiger partial charge in [-0.05, 0) is 34.5 Å². The highest BCUT2D eigenvalue weighted by Gasteiger charge is 2.16. The molecule has 3 aromatic rings. The summed E-state index contributed by atoms with van der Waals surface area (Å²) in [7, 11) is 0. The van der Waals surface area contributed by atoms with Crippen molar-refractivity contribution in [1.82, 2.24) is 14.4 Å². The molecule has 0 N–H and O–H groups in total. The normalized spacial score (nSPS) is 11.0. The summed E-state index contributed by atoms with van der Waals surface area (Å²) in [6, 6.07) is 10.3. The van der Waals surface area contributed by atoms with Crippen LogP contribution in [0.2, 0.25) is 0 Å². The van der Waals surface area contributed by atoms with Crippen molar-refractivity contribution in [2.45, 2.75) is 19.8 Å². The second kappa shape index (κ2) is 6.26. The number of hydrogen-bond acceptors (Lipinski definition) is 3. The van der Waals surface area contributed by atoms with Crippen LogP contribution in [-0.2, 0) is 0 Å². The zero-order chi connectivity index (χ0) is 14.7. The summed E-state index contributed by atoms with van der Waals surface area (Å²) in [5.74, 6) is 0.883. The van der Waals surface area contributed by atoms with Crippen LogP contribution in [0.25, 0.3) is 5.65 Å². The van der Waals surface area contributed by atoms with Gasteiger partial charge in [-0.2, -0.15) is 0 Å². The number of anilines is 2. The molecule has 108 valence electrons. The van der Waals surface area contributed by atoms with E-state index < -0.39 is 0 Å². The Labute approximate surface area is 132 Å². The Kier molecular flexibility index (Phi) is 4.20. The SMILES string of the molecule is CCCCN(c1ccccc1)c1nc(Br)cn2ccnc12. The van der Waals surface area contributed by atoms with Crippen LogP contribution >= 0.6 is 15.9 Å². The molecule has 2 aromatic heterocycles. The minimum absolute atomic E-state index is 0.806. The molecule has 21 heavy (non-hydrogen) atoms. The summed E-state index contributed by atoms with van der Waals surface area (Å²) in [5.41, 5.74) is 2.01. The second-order valence-electron chi connectivity index (χ2n) is 4.89. The summed E-state index contributed by atoms with van der Waals surface area (Å²) in [6.45, 7) is 3.12. The van der Waals surface area contributed by atoms with E-state index in [2.05, 4.69) is 62.0 Å². The fourth-order valence-electron chi connectivity index (χ4n) is 2.35. The van der Waals surface area contributed by atoms with Crippen LogP contribution < -0.4 is 4.90 Å². The summed E-state index contributed by atoms with van der Waals surface area (Å²) in [6.07, 6.45) is 7.91. The number of nitrogens with zero attached hydrogens (tertiary/aromatic N) is 4. The molecule has 0 unspecified atom stereocenters. The van der Waals surface area contributed by atoms with Gasteiger partial charge in [0.15, 0.2) is 11.5 Å². The van der Waals surface area contributed by atoms with E-state index in [9.17, 15) is 0 Å².